The van der Waals surface area contributed by atoms with Crippen molar-refractivity contribution >= 4 is 15.9 Å². The molecule has 0 aliphatic heterocycles. The molecule has 0 bridgehead atoms. The van der Waals surface area contributed by atoms with Crippen LogP contribution in [0.25, 0.3) is 0 Å². The molecule has 1 amide bonds. The zero-order chi connectivity index (χ0) is 20.9. The first kappa shape index (κ1) is 21.9. The maximum atomic E-state index is 13.0. The number of rotatable bonds is 8. The van der Waals surface area contributed by atoms with Gasteiger partial charge < -0.3 is 5.32 Å². The number of carbonyl (C=O) groups is 1. The van der Waals surface area contributed by atoms with Crippen molar-refractivity contribution in [1.29, 1.82) is 0 Å². The molecule has 0 saturated carbocycles. The predicted octanol–water partition coefficient (Wildman–Crippen LogP) is 2.08. The molecule has 28 heavy (non-hydrogen) atoms. The highest BCUT2D eigenvalue weighted by molar-refractivity contribution is 7.89. The SMILES string of the molecule is Cc1cnn(CCCNC(=O)[C@H](C)NS(=O)(=O)c2ccccc2C(F)(F)F)c1. The lowest BCUT2D eigenvalue weighted by Crippen LogP contribution is -2.45. The fourth-order valence-corrected chi connectivity index (χ4v) is 3.91. The van der Waals surface area contributed by atoms with Gasteiger partial charge >= 0.3 is 6.18 Å². The predicted molar refractivity (Wildman–Crippen MR) is 95.8 cm³/mol. The number of nitrogens with one attached hydrogen (secondary N) is 2. The Morgan fingerprint density at radius 1 is 1.29 bits per heavy atom. The first-order valence-corrected chi connectivity index (χ1v) is 9.94. The number of hydrogen-bond donors (Lipinski definition) is 2. The minimum absolute atomic E-state index is 0.267. The van der Waals surface area contributed by atoms with E-state index in [2.05, 4.69) is 10.4 Å². The van der Waals surface area contributed by atoms with Crippen molar-refractivity contribution in [2.75, 3.05) is 6.54 Å². The Bertz CT molecular complexity index is 926. The summed E-state index contributed by atoms with van der Waals surface area (Å²) in [6, 6.07) is 2.57. The Morgan fingerprint density at radius 2 is 1.96 bits per heavy atom. The summed E-state index contributed by atoms with van der Waals surface area (Å²) in [5.74, 6) is -0.635. The zero-order valence-electron chi connectivity index (χ0n) is 15.3. The maximum Gasteiger partial charge on any atom is 0.417 e. The summed E-state index contributed by atoms with van der Waals surface area (Å²) >= 11 is 0. The minimum Gasteiger partial charge on any atom is -0.355 e. The van der Waals surface area contributed by atoms with E-state index in [-0.39, 0.29) is 6.54 Å². The second kappa shape index (κ2) is 8.74. The number of alkyl halides is 3. The van der Waals surface area contributed by atoms with Gasteiger partial charge in [-0.25, -0.2) is 8.42 Å². The normalized spacial score (nSPS) is 13.3. The van der Waals surface area contributed by atoms with Crippen molar-refractivity contribution in [2.45, 2.75) is 43.9 Å². The number of amides is 1. The van der Waals surface area contributed by atoms with Crippen LogP contribution in [0.1, 0.15) is 24.5 Å². The van der Waals surface area contributed by atoms with Gasteiger partial charge in [-0.1, -0.05) is 12.1 Å². The third kappa shape index (κ3) is 5.80. The molecule has 0 unspecified atom stereocenters. The lowest BCUT2D eigenvalue weighted by atomic mass is 10.2. The highest BCUT2D eigenvalue weighted by Crippen LogP contribution is 2.33. The van der Waals surface area contributed by atoms with E-state index in [1.807, 2.05) is 17.8 Å². The van der Waals surface area contributed by atoms with Gasteiger partial charge in [0.2, 0.25) is 15.9 Å². The Morgan fingerprint density at radius 3 is 2.57 bits per heavy atom. The Hall–Kier alpha value is -2.40. The first-order chi connectivity index (χ1) is 13.0. The zero-order valence-corrected chi connectivity index (χ0v) is 16.1. The summed E-state index contributed by atoms with van der Waals surface area (Å²) in [5.41, 5.74) is -0.282. The monoisotopic (exact) mass is 418 g/mol. The van der Waals surface area contributed by atoms with Gasteiger partial charge in [-0.15, -0.1) is 0 Å². The molecule has 1 aromatic carbocycles. The quantitative estimate of drug-likeness (QED) is 0.642. The van der Waals surface area contributed by atoms with Gasteiger partial charge in [0, 0.05) is 19.3 Å². The summed E-state index contributed by atoms with van der Waals surface area (Å²) in [6.45, 7) is 3.99. The third-order valence-electron chi connectivity index (χ3n) is 3.83. The van der Waals surface area contributed by atoms with Gasteiger partial charge in [0.15, 0.2) is 0 Å². The van der Waals surface area contributed by atoms with E-state index in [1.54, 1.807) is 10.9 Å². The van der Waals surface area contributed by atoms with Crippen LogP contribution in [-0.4, -0.2) is 36.7 Å². The standard InChI is InChI=1S/C17H21F3N4O3S/c1-12-10-22-24(11-12)9-5-8-21-16(25)13(2)23-28(26,27)15-7-4-3-6-14(15)17(18,19)20/h3-4,6-7,10-11,13,23H,5,8-9H2,1-2H3,(H,21,25)/t13-/m0/s1. The first-order valence-electron chi connectivity index (χ1n) is 8.46. The summed E-state index contributed by atoms with van der Waals surface area (Å²) in [7, 11) is -4.53. The van der Waals surface area contributed by atoms with E-state index >= 15 is 0 Å². The van der Waals surface area contributed by atoms with Crippen LogP contribution < -0.4 is 10.0 Å². The van der Waals surface area contributed by atoms with Gasteiger partial charge in [-0.3, -0.25) is 9.48 Å². The smallest absolute Gasteiger partial charge is 0.355 e. The van der Waals surface area contributed by atoms with Crippen molar-refractivity contribution in [1.82, 2.24) is 19.8 Å². The molecule has 1 atom stereocenters. The van der Waals surface area contributed by atoms with Crippen LogP contribution in [0.3, 0.4) is 0 Å². The minimum atomic E-state index is -4.83. The molecule has 1 aromatic heterocycles. The Balaban J connectivity index is 1.94. The molecular formula is C17H21F3N4O3S. The number of sulfonamides is 1. The summed E-state index contributed by atoms with van der Waals surface area (Å²) in [4.78, 5) is 11.1. The van der Waals surface area contributed by atoms with Crippen LogP contribution in [0.15, 0.2) is 41.6 Å². The van der Waals surface area contributed by atoms with Crippen LogP contribution in [0.2, 0.25) is 0 Å². The van der Waals surface area contributed by atoms with E-state index in [0.29, 0.717) is 19.0 Å². The number of hydrogen-bond acceptors (Lipinski definition) is 4. The van der Waals surface area contributed by atoms with Crippen LogP contribution in [0, 0.1) is 6.92 Å². The van der Waals surface area contributed by atoms with Crippen LogP contribution in [-0.2, 0) is 27.5 Å². The van der Waals surface area contributed by atoms with Crippen LogP contribution in [0.5, 0.6) is 0 Å². The van der Waals surface area contributed by atoms with E-state index in [0.717, 1.165) is 17.7 Å². The fraction of sp³-hybridized carbons (Fsp3) is 0.412. The lowest BCUT2D eigenvalue weighted by molar-refractivity contribution is -0.139. The second-order valence-electron chi connectivity index (χ2n) is 6.26. The second-order valence-corrected chi connectivity index (χ2v) is 7.94. The largest absolute Gasteiger partial charge is 0.417 e. The molecule has 0 aliphatic carbocycles. The van der Waals surface area contributed by atoms with E-state index in [1.165, 1.54) is 13.0 Å². The summed E-state index contributed by atoms with van der Waals surface area (Å²) < 4.78 is 67.5. The average molecular weight is 418 g/mol. The molecular weight excluding hydrogens is 397 g/mol. The van der Waals surface area contributed by atoms with Crippen LogP contribution >= 0.6 is 0 Å². The van der Waals surface area contributed by atoms with Crippen LogP contribution in [0.4, 0.5) is 13.2 Å². The van der Waals surface area contributed by atoms with Crippen molar-refractivity contribution in [2.24, 2.45) is 0 Å². The number of benzene rings is 1. The van der Waals surface area contributed by atoms with E-state index < -0.39 is 38.6 Å². The molecule has 7 nitrogen and oxygen atoms in total. The van der Waals surface area contributed by atoms with Gasteiger partial charge in [-0.2, -0.15) is 23.0 Å². The molecule has 2 rings (SSSR count). The third-order valence-corrected chi connectivity index (χ3v) is 5.43. The molecule has 0 fully saturated rings. The number of halogens is 3. The van der Waals surface area contributed by atoms with Gasteiger partial charge in [0.25, 0.3) is 0 Å². The molecule has 2 N–H and O–H groups in total. The molecule has 1 heterocycles. The molecule has 11 heteroatoms. The highest BCUT2D eigenvalue weighted by atomic mass is 32.2. The topological polar surface area (TPSA) is 93.1 Å². The highest BCUT2D eigenvalue weighted by Gasteiger charge is 2.37. The van der Waals surface area contributed by atoms with E-state index in [9.17, 15) is 26.4 Å². The lowest BCUT2D eigenvalue weighted by Gasteiger charge is -2.17. The summed E-state index contributed by atoms with van der Waals surface area (Å²) in [6.07, 6.45) is -0.726. The molecule has 2 aromatic rings. The molecule has 0 aliphatic rings. The molecule has 0 radical (unpaired) electrons. The number of nitrogens with zero attached hydrogens (tertiary/aromatic N) is 2. The number of carbonyl (C=O) groups excluding carboxylic acids is 1. The van der Waals surface area contributed by atoms with Gasteiger partial charge in [-0.05, 0) is 38.0 Å². The Kier molecular flexibility index (Phi) is 6.83. The van der Waals surface area contributed by atoms with Crippen molar-refractivity contribution in [3.63, 3.8) is 0 Å². The van der Waals surface area contributed by atoms with Gasteiger partial charge in [0.05, 0.1) is 22.7 Å². The fourth-order valence-electron chi connectivity index (χ4n) is 2.48. The summed E-state index contributed by atoms with van der Waals surface area (Å²) in [5, 5.41) is 6.65. The molecule has 0 spiro atoms. The number of aromatic nitrogens is 2. The number of aryl methyl sites for hydroxylation is 2. The molecule has 0 saturated heterocycles. The van der Waals surface area contributed by atoms with Crippen molar-refractivity contribution in [3.8, 4) is 0 Å². The molecule has 154 valence electrons. The van der Waals surface area contributed by atoms with Crippen molar-refractivity contribution < 1.29 is 26.4 Å². The maximum absolute atomic E-state index is 13.0. The van der Waals surface area contributed by atoms with Crippen molar-refractivity contribution in [3.05, 3.63) is 47.8 Å². The Labute approximate surface area is 161 Å². The van der Waals surface area contributed by atoms with Gasteiger partial charge in [0.1, 0.15) is 0 Å². The average Bonchev–Trinajstić information content (AvgIpc) is 3.02. The van der Waals surface area contributed by atoms with E-state index in [4.69, 9.17) is 0 Å².